The molecule has 0 atom stereocenters. The molecular formula is C13H17N3O. The molecule has 1 aromatic carbocycles. The summed E-state index contributed by atoms with van der Waals surface area (Å²) < 4.78 is 0. The quantitative estimate of drug-likeness (QED) is 0.706. The van der Waals surface area contributed by atoms with Crippen molar-refractivity contribution in [2.24, 2.45) is 0 Å². The first-order valence-electron chi connectivity index (χ1n) is 5.53. The number of H-pyrrole nitrogens is 1. The maximum Gasteiger partial charge on any atom is 0.145 e. The number of benzene rings is 1. The van der Waals surface area contributed by atoms with E-state index in [1.165, 1.54) is 0 Å². The van der Waals surface area contributed by atoms with Gasteiger partial charge in [0.15, 0.2) is 0 Å². The zero-order valence-electron chi connectivity index (χ0n) is 10.3. The Morgan fingerprint density at radius 3 is 2.53 bits per heavy atom. The van der Waals surface area contributed by atoms with Gasteiger partial charge in [-0.2, -0.15) is 5.10 Å². The van der Waals surface area contributed by atoms with Gasteiger partial charge in [-0.05, 0) is 17.0 Å². The van der Waals surface area contributed by atoms with Crippen molar-refractivity contribution in [2.75, 3.05) is 5.73 Å². The van der Waals surface area contributed by atoms with Gasteiger partial charge in [-0.15, -0.1) is 0 Å². The lowest BCUT2D eigenvalue weighted by molar-refractivity contribution is 0.448. The van der Waals surface area contributed by atoms with Crippen LogP contribution < -0.4 is 5.73 Å². The third kappa shape index (κ3) is 2.11. The van der Waals surface area contributed by atoms with Crippen LogP contribution in [0.4, 0.5) is 5.82 Å². The van der Waals surface area contributed by atoms with Crippen LogP contribution in [-0.2, 0) is 5.41 Å². The zero-order chi connectivity index (χ0) is 12.6. The van der Waals surface area contributed by atoms with Crippen molar-refractivity contribution >= 4 is 5.82 Å². The van der Waals surface area contributed by atoms with Crippen LogP contribution >= 0.6 is 0 Å². The summed E-state index contributed by atoms with van der Waals surface area (Å²) in [5.41, 5.74) is 7.82. The van der Waals surface area contributed by atoms with Crippen molar-refractivity contribution in [3.63, 3.8) is 0 Å². The molecule has 17 heavy (non-hydrogen) atoms. The number of nitrogens with zero attached hydrogens (tertiary/aromatic N) is 1. The zero-order valence-corrected chi connectivity index (χ0v) is 10.3. The number of phenols is 1. The molecule has 90 valence electrons. The average Bonchev–Trinajstić information content (AvgIpc) is 2.63. The van der Waals surface area contributed by atoms with E-state index in [2.05, 4.69) is 31.0 Å². The molecule has 0 bridgehead atoms. The monoisotopic (exact) mass is 231 g/mol. The van der Waals surface area contributed by atoms with E-state index in [1.807, 2.05) is 18.2 Å². The van der Waals surface area contributed by atoms with Gasteiger partial charge in [-0.3, -0.25) is 5.10 Å². The average molecular weight is 231 g/mol. The maximum absolute atomic E-state index is 10.3. The second kappa shape index (κ2) is 3.80. The fourth-order valence-corrected chi connectivity index (χ4v) is 1.84. The van der Waals surface area contributed by atoms with Crippen LogP contribution in [0.5, 0.6) is 5.75 Å². The van der Waals surface area contributed by atoms with E-state index in [9.17, 15) is 5.11 Å². The van der Waals surface area contributed by atoms with Gasteiger partial charge in [0.25, 0.3) is 0 Å². The molecule has 0 fully saturated rings. The molecule has 0 aliphatic carbocycles. The number of nitrogens with two attached hydrogens (primary N) is 1. The number of hydrogen-bond donors (Lipinski definition) is 3. The van der Waals surface area contributed by atoms with E-state index in [1.54, 1.807) is 6.07 Å². The van der Waals surface area contributed by atoms with Crippen molar-refractivity contribution in [1.82, 2.24) is 10.2 Å². The predicted octanol–water partition coefficient (Wildman–Crippen LogP) is 2.66. The number of anilines is 1. The van der Waals surface area contributed by atoms with Gasteiger partial charge in [-0.25, -0.2) is 0 Å². The third-order valence-electron chi connectivity index (χ3n) is 2.73. The summed E-state index contributed by atoms with van der Waals surface area (Å²) in [6.45, 7) is 6.19. The molecule has 0 unspecified atom stereocenters. The van der Waals surface area contributed by atoms with E-state index < -0.39 is 0 Å². The Balaban J connectivity index is 2.57. The second-order valence-corrected chi connectivity index (χ2v) is 5.16. The Bertz CT molecular complexity index is 538. The Hall–Kier alpha value is -1.97. The summed E-state index contributed by atoms with van der Waals surface area (Å²) in [5.74, 6) is 0.698. The van der Waals surface area contributed by atoms with Crippen molar-refractivity contribution in [2.45, 2.75) is 26.2 Å². The minimum Gasteiger partial charge on any atom is -0.507 e. The third-order valence-corrected chi connectivity index (χ3v) is 2.73. The van der Waals surface area contributed by atoms with Gasteiger partial charge in [-0.1, -0.05) is 32.9 Å². The molecule has 0 saturated carbocycles. The molecule has 0 aliphatic rings. The summed E-state index contributed by atoms with van der Waals surface area (Å²) in [7, 11) is 0. The number of rotatable bonds is 1. The van der Waals surface area contributed by atoms with Crippen molar-refractivity contribution in [1.29, 1.82) is 0 Å². The molecule has 1 heterocycles. The normalized spacial score (nSPS) is 11.7. The van der Waals surface area contributed by atoms with Crippen LogP contribution in [0.1, 0.15) is 26.3 Å². The first kappa shape index (κ1) is 11.5. The smallest absolute Gasteiger partial charge is 0.145 e. The van der Waals surface area contributed by atoms with Gasteiger partial charge in [0.2, 0.25) is 0 Å². The van der Waals surface area contributed by atoms with E-state index >= 15 is 0 Å². The second-order valence-electron chi connectivity index (χ2n) is 5.16. The summed E-state index contributed by atoms with van der Waals surface area (Å²) in [5, 5.41) is 17.0. The number of nitrogens with one attached hydrogen (secondary N) is 1. The topological polar surface area (TPSA) is 74.9 Å². The maximum atomic E-state index is 10.3. The van der Waals surface area contributed by atoms with Crippen LogP contribution in [0.15, 0.2) is 24.3 Å². The van der Waals surface area contributed by atoms with Gasteiger partial charge < -0.3 is 10.8 Å². The Labute approximate surface area is 100 Å². The van der Waals surface area contributed by atoms with E-state index in [0.717, 1.165) is 16.8 Å². The fourth-order valence-electron chi connectivity index (χ4n) is 1.84. The molecule has 0 amide bonds. The highest BCUT2D eigenvalue weighted by Crippen LogP contribution is 2.37. The molecule has 2 aromatic rings. The molecule has 0 spiro atoms. The van der Waals surface area contributed by atoms with E-state index in [0.29, 0.717) is 5.82 Å². The van der Waals surface area contributed by atoms with Gasteiger partial charge in [0, 0.05) is 11.6 Å². The van der Waals surface area contributed by atoms with E-state index in [-0.39, 0.29) is 11.2 Å². The highest BCUT2D eigenvalue weighted by atomic mass is 16.3. The highest BCUT2D eigenvalue weighted by Gasteiger charge is 2.20. The van der Waals surface area contributed by atoms with Crippen LogP contribution in [-0.4, -0.2) is 15.3 Å². The molecule has 2 rings (SSSR count). The molecule has 0 saturated heterocycles. The Morgan fingerprint density at radius 1 is 1.29 bits per heavy atom. The molecular weight excluding hydrogens is 214 g/mol. The lowest BCUT2D eigenvalue weighted by atomic mass is 9.85. The van der Waals surface area contributed by atoms with E-state index in [4.69, 9.17) is 5.73 Å². The molecule has 1 aromatic heterocycles. The fraction of sp³-hybridized carbons (Fsp3) is 0.308. The van der Waals surface area contributed by atoms with Gasteiger partial charge in [0.1, 0.15) is 11.6 Å². The highest BCUT2D eigenvalue weighted by molar-refractivity contribution is 5.71. The number of phenolic OH excluding ortho intramolecular Hbond substituents is 1. The number of hydrogen-bond acceptors (Lipinski definition) is 3. The SMILES string of the molecule is CC(C)(C)c1cccc(-c2cc(N)n[nH]2)c1O. The standard InChI is InChI=1S/C13H17N3O/c1-13(2,3)9-6-4-5-8(12(9)17)10-7-11(14)16-15-10/h4-7,17H,1-3H3,(H3,14,15,16). The Kier molecular flexibility index (Phi) is 2.58. The van der Waals surface area contributed by atoms with Crippen LogP contribution in [0, 0.1) is 0 Å². The number of aromatic nitrogens is 2. The number of aromatic hydroxyl groups is 1. The molecule has 4 N–H and O–H groups in total. The lowest BCUT2D eigenvalue weighted by Crippen LogP contribution is -2.11. The summed E-state index contributed by atoms with van der Waals surface area (Å²) in [6.07, 6.45) is 0. The predicted molar refractivity (Wildman–Crippen MR) is 68.8 cm³/mol. The van der Waals surface area contributed by atoms with Crippen LogP contribution in [0.2, 0.25) is 0 Å². The minimum atomic E-state index is -0.105. The van der Waals surface area contributed by atoms with Crippen LogP contribution in [0.25, 0.3) is 11.3 Å². The molecule has 0 aliphatic heterocycles. The minimum absolute atomic E-state index is 0.105. The molecule has 4 nitrogen and oxygen atoms in total. The summed E-state index contributed by atoms with van der Waals surface area (Å²) >= 11 is 0. The molecule has 4 heteroatoms. The number of aromatic amines is 1. The number of para-hydroxylation sites is 1. The van der Waals surface area contributed by atoms with Crippen LogP contribution in [0.3, 0.4) is 0 Å². The Morgan fingerprint density at radius 2 is 2.00 bits per heavy atom. The molecule has 0 radical (unpaired) electrons. The van der Waals surface area contributed by atoms with Crippen molar-refractivity contribution in [3.05, 3.63) is 29.8 Å². The summed E-state index contributed by atoms with van der Waals surface area (Å²) in [6, 6.07) is 7.41. The van der Waals surface area contributed by atoms with Crippen molar-refractivity contribution in [3.8, 4) is 17.0 Å². The first-order valence-corrected chi connectivity index (χ1v) is 5.53. The largest absolute Gasteiger partial charge is 0.507 e. The lowest BCUT2D eigenvalue weighted by Gasteiger charge is -2.21. The van der Waals surface area contributed by atoms with Gasteiger partial charge in [0.05, 0.1) is 5.69 Å². The summed E-state index contributed by atoms with van der Waals surface area (Å²) in [4.78, 5) is 0. The first-order chi connectivity index (χ1) is 7.89. The number of nitrogen functional groups attached to an aromatic ring is 1. The van der Waals surface area contributed by atoms with Crippen molar-refractivity contribution < 1.29 is 5.11 Å². The van der Waals surface area contributed by atoms with Gasteiger partial charge >= 0.3 is 0 Å².